The quantitative estimate of drug-likeness (QED) is 0.671. The summed E-state index contributed by atoms with van der Waals surface area (Å²) in [6.45, 7) is 2.65. The van der Waals surface area contributed by atoms with Gasteiger partial charge in [-0.3, -0.25) is 4.68 Å². The van der Waals surface area contributed by atoms with E-state index in [1.165, 1.54) is 0 Å². The van der Waals surface area contributed by atoms with Gasteiger partial charge in [0, 0.05) is 34.0 Å². The lowest BCUT2D eigenvalue weighted by atomic mass is 10.3. The van der Waals surface area contributed by atoms with Crippen LogP contribution in [0.25, 0.3) is 0 Å². The first-order chi connectivity index (χ1) is 7.17. The van der Waals surface area contributed by atoms with Crippen LogP contribution in [-0.4, -0.2) is 41.5 Å². The average Bonchev–Trinajstić information content (AvgIpc) is 2.63. The van der Waals surface area contributed by atoms with E-state index in [9.17, 15) is 0 Å². The van der Waals surface area contributed by atoms with Gasteiger partial charge >= 0.3 is 0 Å². The Hall–Kier alpha value is -0.980. The smallest absolute Gasteiger partial charge is 0.171 e. The Morgan fingerprint density at radius 1 is 1.47 bits per heavy atom. The Bertz CT molecular complexity index is 285. The van der Waals surface area contributed by atoms with Crippen molar-refractivity contribution in [2.24, 2.45) is 7.05 Å². The number of aromatic nitrogens is 3. The molecule has 6 nitrogen and oxygen atoms in total. The van der Waals surface area contributed by atoms with Gasteiger partial charge in [-0.05, 0) is 6.92 Å². The number of hydrogen-bond donors (Lipinski definition) is 1. The van der Waals surface area contributed by atoms with E-state index in [2.05, 4.69) is 15.6 Å². The van der Waals surface area contributed by atoms with Crippen molar-refractivity contribution in [2.75, 3.05) is 14.2 Å². The summed E-state index contributed by atoms with van der Waals surface area (Å²) in [5, 5.41) is 11.1. The van der Waals surface area contributed by atoms with Gasteiger partial charge in [0.15, 0.2) is 6.29 Å². The fourth-order valence-corrected chi connectivity index (χ4v) is 1.34. The number of ether oxygens (including phenoxy) is 2. The predicted octanol–water partition coefficient (Wildman–Crippen LogP) is -0.0879. The van der Waals surface area contributed by atoms with E-state index in [4.69, 9.17) is 9.47 Å². The molecule has 0 aliphatic heterocycles. The molecule has 0 fully saturated rings. The molecule has 1 unspecified atom stereocenters. The molecule has 1 N–H and O–H groups in total. The van der Waals surface area contributed by atoms with Gasteiger partial charge in [0.25, 0.3) is 0 Å². The van der Waals surface area contributed by atoms with Crippen LogP contribution in [-0.2, 0) is 23.1 Å². The molecule has 0 aliphatic carbocycles. The summed E-state index contributed by atoms with van der Waals surface area (Å²) in [5.74, 6) is 0. The average molecular weight is 214 g/mol. The standard InChI is InChI=1S/C9H18N4O2/c1-7(9(14-3)15-4)10-5-8-6-13(2)12-11-8/h6-7,9-10H,5H2,1-4H3. The van der Waals surface area contributed by atoms with Crippen molar-refractivity contribution in [3.8, 4) is 0 Å². The van der Waals surface area contributed by atoms with E-state index in [0.29, 0.717) is 6.54 Å². The Balaban J connectivity index is 2.36. The second-order valence-electron chi connectivity index (χ2n) is 3.39. The lowest BCUT2D eigenvalue weighted by Gasteiger charge is -2.21. The maximum atomic E-state index is 5.13. The van der Waals surface area contributed by atoms with Crippen molar-refractivity contribution in [3.05, 3.63) is 11.9 Å². The van der Waals surface area contributed by atoms with Gasteiger partial charge < -0.3 is 14.8 Å². The van der Waals surface area contributed by atoms with Crippen molar-refractivity contribution in [1.29, 1.82) is 0 Å². The zero-order valence-corrected chi connectivity index (χ0v) is 9.60. The first-order valence-electron chi connectivity index (χ1n) is 4.81. The number of nitrogens with one attached hydrogen (secondary N) is 1. The molecule has 1 heterocycles. The molecule has 0 spiro atoms. The van der Waals surface area contributed by atoms with Crippen LogP contribution in [0.2, 0.25) is 0 Å². The molecular weight excluding hydrogens is 196 g/mol. The van der Waals surface area contributed by atoms with Crippen LogP contribution in [0.15, 0.2) is 6.20 Å². The van der Waals surface area contributed by atoms with E-state index < -0.39 is 0 Å². The molecule has 1 aromatic heterocycles. The summed E-state index contributed by atoms with van der Waals surface area (Å²) in [7, 11) is 5.08. The molecule has 1 rings (SSSR count). The van der Waals surface area contributed by atoms with Crippen molar-refractivity contribution in [1.82, 2.24) is 20.3 Å². The van der Waals surface area contributed by atoms with Gasteiger partial charge in [0.1, 0.15) is 0 Å². The lowest BCUT2D eigenvalue weighted by Crippen LogP contribution is -2.39. The highest BCUT2D eigenvalue weighted by atomic mass is 16.7. The zero-order valence-electron chi connectivity index (χ0n) is 9.60. The van der Waals surface area contributed by atoms with Crippen LogP contribution in [0.3, 0.4) is 0 Å². The van der Waals surface area contributed by atoms with Gasteiger partial charge in [-0.15, -0.1) is 5.10 Å². The highest BCUT2D eigenvalue weighted by Gasteiger charge is 2.15. The second-order valence-corrected chi connectivity index (χ2v) is 3.39. The highest BCUT2D eigenvalue weighted by molar-refractivity contribution is 4.91. The number of hydrogen-bond acceptors (Lipinski definition) is 5. The van der Waals surface area contributed by atoms with Crippen LogP contribution in [0.1, 0.15) is 12.6 Å². The summed E-state index contributed by atoms with van der Waals surface area (Å²) in [5.41, 5.74) is 0.898. The molecular formula is C9H18N4O2. The minimum atomic E-state index is -0.248. The molecule has 0 radical (unpaired) electrons. The van der Waals surface area contributed by atoms with Gasteiger partial charge in [-0.2, -0.15) is 0 Å². The molecule has 0 saturated heterocycles. The number of methoxy groups -OCH3 is 2. The number of nitrogens with zero attached hydrogens (tertiary/aromatic N) is 3. The Kier molecular flexibility index (Phi) is 4.67. The van der Waals surface area contributed by atoms with Crippen molar-refractivity contribution >= 4 is 0 Å². The van der Waals surface area contributed by atoms with E-state index >= 15 is 0 Å². The molecule has 1 aromatic rings. The molecule has 0 aromatic carbocycles. The Morgan fingerprint density at radius 2 is 2.13 bits per heavy atom. The van der Waals surface area contributed by atoms with Crippen molar-refractivity contribution < 1.29 is 9.47 Å². The van der Waals surface area contributed by atoms with Crippen LogP contribution < -0.4 is 5.32 Å². The summed E-state index contributed by atoms with van der Waals surface area (Å²) in [6.07, 6.45) is 1.62. The highest BCUT2D eigenvalue weighted by Crippen LogP contribution is 2.00. The maximum absolute atomic E-state index is 5.13. The molecule has 6 heteroatoms. The predicted molar refractivity (Wildman–Crippen MR) is 55.1 cm³/mol. The Morgan fingerprint density at radius 3 is 2.60 bits per heavy atom. The molecule has 15 heavy (non-hydrogen) atoms. The van der Waals surface area contributed by atoms with Gasteiger partial charge in [0.2, 0.25) is 0 Å². The minimum absolute atomic E-state index is 0.0991. The topological polar surface area (TPSA) is 61.2 Å². The molecule has 1 atom stereocenters. The van der Waals surface area contributed by atoms with Crippen molar-refractivity contribution in [2.45, 2.75) is 25.8 Å². The zero-order chi connectivity index (χ0) is 11.3. The van der Waals surface area contributed by atoms with E-state index in [1.54, 1.807) is 18.9 Å². The van der Waals surface area contributed by atoms with Crippen LogP contribution >= 0.6 is 0 Å². The molecule has 0 amide bonds. The normalized spacial score (nSPS) is 13.4. The largest absolute Gasteiger partial charge is 0.354 e. The van der Waals surface area contributed by atoms with Crippen LogP contribution in [0, 0.1) is 0 Å². The third kappa shape index (κ3) is 3.58. The molecule has 0 saturated carbocycles. The summed E-state index contributed by atoms with van der Waals surface area (Å²) < 4.78 is 11.9. The Labute approximate surface area is 89.6 Å². The molecule has 86 valence electrons. The first-order valence-corrected chi connectivity index (χ1v) is 4.81. The van der Waals surface area contributed by atoms with E-state index in [0.717, 1.165) is 5.69 Å². The second kappa shape index (κ2) is 5.79. The van der Waals surface area contributed by atoms with Crippen LogP contribution in [0.5, 0.6) is 0 Å². The SMILES string of the molecule is COC(OC)C(C)NCc1cn(C)nn1. The van der Waals surface area contributed by atoms with E-state index in [-0.39, 0.29) is 12.3 Å². The summed E-state index contributed by atoms with van der Waals surface area (Å²) >= 11 is 0. The lowest BCUT2D eigenvalue weighted by molar-refractivity contribution is -0.119. The number of rotatable bonds is 6. The minimum Gasteiger partial charge on any atom is -0.354 e. The molecule has 0 aliphatic rings. The third-order valence-electron chi connectivity index (χ3n) is 2.13. The van der Waals surface area contributed by atoms with Crippen molar-refractivity contribution in [3.63, 3.8) is 0 Å². The maximum Gasteiger partial charge on any atom is 0.171 e. The summed E-state index contributed by atoms with van der Waals surface area (Å²) in [6, 6.07) is 0.0991. The van der Waals surface area contributed by atoms with Crippen LogP contribution in [0.4, 0.5) is 0 Å². The number of aryl methyl sites for hydroxylation is 1. The third-order valence-corrected chi connectivity index (χ3v) is 2.13. The first kappa shape index (κ1) is 12.1. The summed E-state index contributed by atoms with van der Waals surface area (Å²) in [4.78, 5) is 0. The van der Waals surface area contributed by atoms with Gasteiger partial charge in [-0.25, -0.2) is 0 Å². The molecule has 0 bridgehead atoms. The fraction of sp³-hybridized carbons (Fsp3) is 0.778. The van der Waals surface area contributed by atoms with Gasteiger partial charge in [0.05, 0.1) is 11.7 Å². The van der Waals surface area contributed by atoms with Gasteiger partial charge in [-0.1, -0.05) is 5.21 Å². The monoisotopic (exact) mass is 214 g/mol. The van der Waals surface area contributed by atoms with E-state index in [1.807, 2.05) is 20.2 Å². The fourth-order valence-electron chi connectivity index (χ4n) is 1.34.